The predicted molar refractivity (Wildman–Crippen MR) is 81.7 cm³/mol. The van der Waals surface area contributed by atoms with E-state index in [1.807, 2.05) is 19.9 Å². The van der Waals surface area contributed by atoms with E-state index in [-0.39, 0.29) is 11.6 Å². The van der Waals surface area contributed by atoms with Crippen LogP contribution in [0.3, 0.4) is 0 Å². The first-order valence-corrected chi connectivity index (χ1v) is 7.60. The number of ether oxygens (including phenoxy) is 2. The number of rotatable bonds is 3. The number of aromatic nitrogens is 1. The van der Waals surface area contributed by atoms with Crippen molar-refractivity contribution >= 4 is 21.9 Å². The van der Waals surface area contributed by atoms with E-state index in [2.05, 4.69) is 21.1 Å². The first kappa shape index (κ1) is 14.9. The van der Waals surface area contributed by atoms with Crippen LogP contribution in [0.4, 0.5) is 0 Å². The largest absolute Gasteiger partial charge is 0.486 e. The Labute approximate surface area is 135 Å². The van der Waals surface area contributed by atoms with Crippen LogP contribution in [-0.4, -0.2) is 29.4 Å². The number of halogens is 1. The number of carboxylic acid groups (broad SMARTS) is 1. The summed E-state index contributed by atoms with van der Waals surface area (Å²) in [7, 11) is 0. The number of hydrogen-bond acceptors (Lipinski definition) is 5. The molecule has 0 atom stereocenters. The van der Waals surface area contributed by atoms with Crippen LogP contribution in [0.2, 0.25) is 0 Å². The second kappa shape index (κ2) is 5.64. The highest BCUT2D eigenvalue weighted by Crippen LogP contribution is 2.48. The summed E-state index contributed by atoms with van der Waals surface area (Å²) in [5.74, 6) is 0.726. The molecule has 0 spiro atoms. The Hall–Kier alpha value is -2.02. The third kappa shape index (κ3) is 2.45. The van der Waals surface area contributed by atoms with E-state index in [1.165, 1.54) is 6.07 Å². The maximum absolute atomic E-state index is 11.0. The quantitative estimate of drug-likeness (QED) is 0.890. The molecule has 1 aromatic carbocycles. The molecule has 0 radical (unpaired) electrons. The zero-order chi connectivity index (χ0) is 15.9. The van der Waals surface area contributed by atoms with Gasteiger partial charge in [0.25, 0.3) is 0 Å². The third-order valence-electron chi connectivity index (χ3n) is 3.38. The van der Waals surface area contributed by atoms with Gasteiger partial charge in [-0.1, -0.05) is 19.0 Å². The molecule has 7 heteroatoms. The fourth-order valence-corrected chi connectivity index (χ4v) is 2.99. The lowest BCUT2D eigenvalue weighted by Crippen LogP contribution is -2.17. The summed E-state index contributed by atoms with van der Waals surface area (Å²) >= 11 is 3.47. The van der Waals surface area contributed by atoms with Crippen molar-refractivity contribution in [1.29, 1.82) is 0 Å². The average molecular weight is 368 g/mol. The molecule has 0 saturated carbocycles. The Balaban J connectivity index is 2.21. The monoisotopic (exact) mass is 367 g/mol. The SMILES string of the molecule is CC(C)c1c(-c2cc(C(=O)O)no2)cc(Br)c2c1OCCO2. The van der Waals surface area contributed by atoms with Crippen molar-refractivity contribution in [3.63, 3.8) is 0 Å². The smallest absolute Gasteiger partial charge is 0.358 e. The van der Waals surface area contributed by atoms with Gasteiger partial charge in [0, 0.05) is 17.2 Å². The molecule has 0 fully saturated rings. The molecule has 1 aliphatic heterocycles. The van der Waals surface area contributed by atoms with Gasteiger partial charge in [-0.2, -0.15) is 0 Å². The van der Waals surface area contributed by atoms with Crippen molar-refractivity contribution in [1.82, 2.24) is 5.16 Å². The van der Waals surface area contributed by atoms with E-state index in [1.54, 1.807) is 0 Å². The molecule has 22 heavy (non-hydrogen) atoms. The van der Waals surface area contributed by atoms with Gasteiger partial charge in [0.2, 0.25) is 0 Å². The van der Waals surface area contributed by atoms with Gasteiger partial charge in [0.1, 0.15) is 13.2 Å². The zero-order valence-electron chi connectivity index (χ0n) is 12.1. The van der Waals surface area contributed by atoms with Crippen LogP contribution in [0.5, 0.6) is 11.5 Å². The molecular weight excluding hydrogens is 354 g/mol. The second-order valence-electron chi connectivity index (χ2n) is 5.21. The van der Waals surface area contributed by atoms with Crippen LogP contribution in [0.25, 0.3) is 11.3 Å². The normalized spacial score (nSPS) is 13.5. The molecule has 0 aliphatic carbocycles. The summed E-state index contributed by atoms with van der Waals surface area (Å²) in [5, 5.41) is 12.6. The first-order chi connectivity index (χ1) is 10.5. The number of fused-ring (bicyclic) bond motifs is 1. The van der Waals surface area contributed by atoms with E-state index < -0.39 is 5.97 Å². The molecule has 2 aromatic rings. The number of benzene rings is 1. The minimum Gasteiger partial charge on any atom is -0.486 e. The molecule has 3 rings (SSSR count). The summed E-state index contributed by atoms with van der Waals surface area (Å²) in [5.41, 5.74) is 1.52. The molecule has 1 aromatic heterocycles. The Morgan fingerprint density at radius 2 is 1.95 bits per heavy atom. The summed E-state index contributed by atoms with van der Waals surface area (Å²) in [6.45, 7) is 5.02. The Morgan fingerprint density at radius 3 is 2.55 bits per heavy atom. The molecule has 0 unspecified atom stereocenters. The third-order valence-corrected chi connectivity index (χ3v) is 3.97. The highest BCUT2D eigenvalue weighted by atomic mass is 79.9. The van der Waals surface area contributed by atoms with Gasteiger partial charge in [0.15, 0.2) is 23.0 Å². The fraction of sp³-hybridized carbons (Fsp3) is 0.333. The van der Waals surface area contributed by atoms with Crippen LogP contribution in [0, 0.1) is 0 Å². The number of carboxylic acids is 1. The van der Waals surface area contributed by atoms with Gasteiger partial charge in [-0.25, -0.2) is 4.79 Å². The van der Waals surface area contributed by atoms with Gasteiger partial charge in [-0.15, -0.1) is 0 Å². The second-order valence-corrected chi connectivity index (χ2v) is 6.07. The minimum atomic E-state index is -1.13. The summed E-state index contributed by atoms with van der Waals surface area (Å²) < 4.78 is 17.4. The van der Waals surface area contributed by atoms with Crippen molar-refractivity contribution in [2.45, 2.75) is 19.8 Å². The van der Waals surface area contributed by atoms with Crippen LogP contribution in [0.15, 0.2) is 21.1 Å². The molecule has 1 aliphatic rings. The van der Waals surface area contributed by atoms with E-state index >= 15 is 0 Å². The standard InChI is InChI=1S/C15H14BrNO5/c1-7(2)12-8(11-6-10(15(18)19)17-22-11)5-9(16)13-14(12)21-4-3-20-13/h5-7H,3-4H2,1-2H3,(H,18,19). The Kier molecular flexibility index (Phi) is 3.82. The van der Waals surface area contributed by atoms with Crippen LogP contribution < -0.4 is 9.47 Å². The fourth-order valence-electron chi connectivity index (χ4n) is 2.47. The number of carbonyl (C=O) groups is 1. The first-order valence-electron chi connectivity index (χ1n) is 6.81. The molecule has 116 valence electrons. The molecular formula is C15H14BrNO5. The molecule has 0 bridgehead atoms. The molecule has 2 heterocycles. The molecule has 6 nitrogen and oxygen atoms in total. The van der Waals surface area contributed by atoms with Crippen molar-refractivity contribution in [3.05, 3.63) is 27.9 Å². The Bertz CT molecular complexity index is 738. The summed E-state index contributed by atoms with van der Waals surface area (Å²) in [4.78, 5) is 11.0. The van der Waals surface area contributed by atoms with Crippen molar-refractivity contribution < 1.29 is 23.9 Å². The maximum atomic E-state index is 11.0. The van der Waals surface area contributed by atoms with Gasteiger partial charge in [-0.3, -0.25) is 0 Å². The highest BCUT2D eigenvalue weighted by Gasteiger charge is 2.27. The number of hydrogen-bond donors (Lipinski definition) is 1. The van der Waals surface area contributed by atoms with Crippen LogP contribution in [0.1, 0.15) is 35.8 Å². The van der Waals surface area contributed by atoms with E-state index in [0.29, 0.717) is 30.5 Å². The lowest BCUT2D eigenvalue weighted by Gasteiger charge is -2.25. The number of nitrogens with zero attached hydrogens (tertiary/aromatic N) is 1. The topological polar surface area (TPSA) is 81.8 Å². The maximum Gasteiger partial charge on any atom is 0.358 e. The van der Waals surface area contributed by atoms with Crippen molar-refractivity contribution in [2.24, 2.45) is 0 Å². The zero-order valence-corrected chi connectivity index (χ0v) is 13.6. The lowest BCUT2D eigenvalue weighted by atomic mass is 9.93. The van der Waals surface area contributed by atoms with Crippen molar-refractivity contribution in [3.8, 4) is 22.8 Å². The van der Waals surface area contributed by atoms with E-state index in [0.717, 1.165) is 15.6 Å². The van der Waals surface area contributed by atoms with E-state index in [4.69, 9.17) is 19.1 Å². The van der Waals surface area contributed by atoms with Crippen LogP contribution >= 0.6 is 15.9 Å². The van der Waals surface area contributed by atoms with Gasteiger partial charge in [0.05, 0.1) is 4.47 Å². The lowest BCUT2D eigenvalue weighted by molar-refractivity contribution is 0.0686. The summed E-state index contributed by atoms with van der Waals surface area (Å²) in [6, 6.07) is 3.25. The average Bonchev–Trinajstić information content (AvgIpc) is 2.96. The molecule has 0 saturated heterocycles. The molecule has 0 amide bonds. The molecule has 1 N–H and O–H groups in total. The Morgan fingerprint density at radius 1 is 1.27 bits per heavy atom. The predicted octanol–water partition coefficient (Wildman–Crippen LogP) is 3.70. The minimum absolute atomic E-state index is 0.129. The van der Waals surface area contributed by atoms with Gasteiger partial charge >= 0.3 is 5.97 Å². The number of aromatic carboxylic acids is 1. The van der Waals surface area contributed by atoms with Crippen molar-refractivity contribution in [2.75, 3.05) is 13.2 Å². The van der Waals surface area contributed by atoms with Gasteiger partial charge in [-0.05, 0) is 27.9 Å². The summed E-state index contributed by atoms with van der Waals surface area (Å²) in [6.07, 6.45) is 0. The van der Waals surface area contributed by atoms with E-state index in [9.17, 15) is 4.79 Å². The van der Waals surface area contributed by atoms with Crippen LogP contribution in [-0.2, 0) is 0 Å². The van der Waals surface area contributed by atoms with Gasteiger partial charge < -0.3 is 19.1 Å². The highest BCUT2D eigenvalue weighted by molar-refractivity contribution is 9.10.